The minimum Gasteiger partial charge on any atom is -0.383 e. The lowest BCUT2D eigenvalue weighted by Crippen LogP contribution is -2.23. The lowest BCUT2D eigenvalue weighted by atomic mass is 10.3. The van der Waals surface area contributed by atoms with Gasteiger partial charge in [-0.05, 0) is 19.1 Å². The fourth-order valence-corrected chi connectivity index (χ4v) is 2.07. The molecule has 1 aromatic carbocycles. The van der Waals surface area contributed by atoms with E-state index in [1.807, 2.05) is 30.3 Å². The number of aldehydes is 1. The summed E-state index contributed by atoms with van der Waals surface area (Å²) in [7, 11) is 1.60. The quantitative estimate of drug-likeness (QED) is 0.764. The lowest BCUT2D eigenvalue weighted by Gasteiger charge is -2.12. The number of carbonyl (C=O) groups excluding carboxylic acids is 1. The van der Waals surface area contributed by atoms with Crippen LogP contribution in [0, 0.1) is 6.92 Å². The van der Waals surface area contributed by atoms with Gasteiger partial charge < -0.3 is 4.74 Å². The third kappa shape index (κ3) is 2.37. The first-order chi connectivity index (χ1) is 9.20. The van der Waals surface area contributed by atoms with Crippen molar-refractivity contribution in [1.82, 2.24) is 9.36 Å². The normalized spacial score (nSPS) is 10.6. The van der Waals surface area contributed by atoms with Crippen LogP contribution in [0.25, 0.3) is 5.69 Å². The lowest BCUT2D eigenvalue weighted by molar-refractivity contribution is 0.112. The summed E-state index contributed by atoms with van der Waals surface area (Å²) in [6, 6.07) is 9.25. The number of methoxy groups -OCH3 is 1. The monoisotopic (exact) mass is 260 g/mol. The molecule has 5 nitrogen and oxygen atoms in total. The Morgan fingerprint density at radius 1 is 1.26 bits per heavy atom. The van der Waals surface area contributed by atoms with Crippen LogP contribution in [0.15, 0.2) is 35.1 Å². The zero-order valence-corrected chi connectivity index (χ0v) is 11.0. The van der Waals surface area contributed by atoms with E-state index in [-0.39, 0.29) is 11.1 Å². The Morgan fingerprint density at radius 2 is 1.95 bits per heavy atom. The third-order valence-corrected chi connectivity index (χ3v) is 3.07. The summed E-state index contributed by atoms with van der Waals surface area (Å²) in [5.41, 5.74) is 1.29. The summed E-state index contributed by atoms with van der Waals surface area (Å²) in [4.78, 5) is 23.3. The third-order valence-electron chi connectivity index (χ3n) is 3.07. The zero-order valence-electron chi connectivity index (χ0n) is 11.0. The number of para-hydroxylation sites is 1. The molecule has 0 fully saturated rings. The fraction of sp³-hybridized carbons (Fsp3) is 0.286. The summed E-state index contributed by atoms with van der Waals surface area (Å²) in [6.45, 7) is 2.75. The molecule has 0 saturated carbocycles. The van der Waals surface area contributed by atoms with E-state index in [9.17, 15) is 9.59 Å². The van der Waals surface area contributed by atoms with E-state index >= 15 is 0 Å². The van der Waals surface area contributed by atoms with Crippen molar-refractivity contribution in [3.8, 4) is 5.69 Å². The van der Waals surface area contributed by atoms with Gasteiger partial charge in [0.1, 0.15) is 5.56 Å². The Balaban J connectivity index is 2.64. The van der Waals surface area contributed by atoms with Gasteiger partial charge >= 0.3 is 0 Å². The van der Waals surface area contributed by atoms with E-state index in [2.05, 4.69) is 0 Å². The minimum atomic E-state index is -0.296. The maximum Gasteiger partial charge on any atom is 0.282 e. The molecule has 0 aliphatic rings. The molecule has 0 aliphatic carbocycles. The highest BCUT2D eigenvalue weighted by molar-refractivity contribution is 5.76. The van der Waals surface area contributed by atoms with Gasteiger partial charge in [0, 0.05) is 12.8 Å². The van der Waals surface area contributed by atoms with Crippen molar-refractivity contribution in [3.63, 3.8) is 0 Å². The van der Waals surface area contributed by atoms with Crippen LogP contribution in [-0.2, 0) is 11.3 Å². The van der Waals surface area contributed by atoms with Crippen molar-refractivity contribution in [2.75, 3.05) is 13.7 Å². The Kier molecular flexibility index (Phi) is 3.97. The van der Waals surface area contributed by atoms with Gasteiger partial charge in [-0.25, -0.2) is 4.68 Å². The largest absolute Gasteiger partial charge is 0.383 e. The Labute approximate surface area is 111 Å². The molecule has 5 heteroatoms. The highest BCUT2D eigenvalue weighted by Gasteiger charge is 2.16. The van der Waals surface area contributed by atoms with E-state index in [1.165, 1.54) is 4.68 Å². The topological polar surface area (TPSA) is 53.2 Å². The SMILES string of the molecule is COCCn1c(C)c(C=O)c(=O)n1-c1ccccc1. The number of aromatic nitrogens is 2. The van der Waals surface area contributed by atoms with Gasteiger partial charge in [-0.2, -0.15) is 0 Å². The first-order valence-corrected chi connectivity index (χ1v) is 6.02. The molecule has 0 unspecified atom stereocenters. The molecule has 0 atom stereocenters. The molecule has 0 aliphatic heterocycles. The zero-order chi connectivity index (χ0) is 13.8. The highest BCUT2D eigenvalue weighted by Crippen LogP contribution is 2.10. The van der Waals surface area contributed by atoms with Gasteiger partial charge in [-0.3, -0.25) is 14.3 Å². The van der Waals surface area contributed by atoms with Crippen LogP contribution in [0.4, 0.5) is 0 Å². The Morgan fingerprint density at radius 3 is 2.53 bits per heavy atom. The van der Waals surface area contributed by atoms with Gasteiger partial charge in [0.2, 0.25) is 0 Å². The van der Waals surface area contributed by atoms with E-state index in [0.717, 1.165) is 5.69 Å². The van der Waals surface area contributed by atoms with Crippen molar-refractivity contribution < 1.29 is 9.53 Å². The molecule has 19 heavy (non-hydrogen) atoms. The van der Waals surface area contributed by atoms with Crippen LogP contribution in [-0.4, -0.2) is 29.4 Å². The maximum absolute atomic E-state index is 12.3. The molecule has 0 N–H and O–H groups in total. The van der Waals surface area contributed by atoms with Crippen LogP contribution < -0.4 is 5.56 Å². The smallest absolute Gasteiger partial charge is 0.282 e. The van der Waals surface area contributed by atoms with E-state index < -0.39 is 0 Å². The summed E-state index contributed by atoms with van der Waals surface area (Å²) in [6.07, 6.45) is 0.612. The summed E-state index contributed by atoms with van der Waals surface area (Å²) in [5.74, 6) is 0. The summed E-state index contributed by atoms with van der Waals surface area (Å²) in [5, 5.41) is 0. The van der Waals surface area contributed by atoms with Crippen molar-refractivity contribution in [2.24, 2.45) is 0 Å². The average molecular weight is 260 g/mol. The van der Waals surface area contributed by atoms with Crippen LogP contribution in [0.2, 0.25) is 0 Å². The molecule has 0 amide bonds. The van der Waals surface area contributed by atoms with E-state index in [1.54, 1.807) is 18.7 Å². The van der Waals surface area contributed by atoms with Crippen LogP contribution >= 0.6 is 0 Å². The maximum atomic E-state index is 12.3. The van der Waals surface area contributed by atoms with Crippen molar-refractivity contribution >= 4 is 6.29 Å². The van der Waals surface area contributed by atoms with Gasteiger partial charge in [-0.15, -0.1) is 0 Å². The molecular weight excluding hydrogens is 244 g/mol. The highest BCUT2D eigenvalue weighted by atomic mass is 16.5. The van der Waals surface area contributed by atoms with Crippen LogP contribution in [0.1, 0.15) is 16.1 Å². The second kappa shape index (κ2) is 5.67. The van der Waals surface area contributed by atoms with Crippen molar-refractivity contribution in [1.29, 1.82) is 0 Å². The summed E-state index contributed by atoms with van der Waals surface area (Å²) >= 11 is 0. The number of rotatable bonds is 5. The van der Waals surface area contributed by atoms with Crippen molar-refractivity contribution in [3.05, 3.63) is 51.9 Å². The first-order valence-electron chi connectivity index (χ1n) is 6.02. The number of benzene rings is 1. The fourth-order valence-electron chi connectivity index (χ4n) is 2.07. The van der Waals surface area contributed by atoms with Crippen molar-refractivity contribution in [2.45, 2.75) is 13.5 Å². The molecular formula is C14H16N2O3. The molecule has 0 radical (unpaired) electrons. The molecule has 2 rings (SSSR count). The van der Waals surface area contributed by atoms with Crippen LogP contribution in [0.5, 0.6) is 0 Å². The Hall–Kier alpha value is -2.14. The molecule has 100 valence electrons. The Bertz CT molecular complexity index is 626. The number of hydrogen-bond acceptors (Lipinski definition) is 3. The average Bonchev–Trinajstić information content (AvgIpc) is 2.68. The number of ether oxygens (including phenoxy) is 1. The standard InChI is InChI=1S/C14H16N2O3/c1-11-13(10-17)14(18)16(15(11)8-9-19-2)12-6-4-3-5-7-12/h3-7,10H,8-9H2,1-2H3. The van der Waals surface area contributed by atoms with E-state index in [4.69, 9.17) is 4.74 Å². The minimum absolute atomic E-state index is 0.194. The molecule has 2 aromatic rings. The first kappa shape index (κ1) is 13.3. The molecule has 1 aromatic heterocycles. The van der Waals surface area contributed by atoms with Gasteiger partial charge in [0.05, 0.1) is 18.8 Å². The second-order valence-corrected chi connectivity index (χ2v) is 4.19. The molecule has 1 heterocycles. The molecule has 0 saturated heterocycles. The second-order valence-electron chi connectivity index (χ2n) is 4.19. The van der Waals surface area contributed by atoms with Gasteiger partial charge in [0.15, 0.2) is 6.29 Å². The predicted molar refractivity (Wildman–Crippen MR) is 72.0 cm³/mol. The van der Waals surface area contributed by atoms with Gasteiger partial charge in [-0.1, -0.05) is 18.2 Å². The molecule has 0 spiro atoms. The number of nitrogens with zero attached hydrogens (tertiary/aromatic N) is 2. The molecule has 0 bridgehead atoms. The van der Waals surface area contributed by atoms with Crippen LogP contribution in [0.3, 0.4) is 0 Å². The van der Waals surface area contributed by atoms with E-state index in [0.29, 0.717) is 25.1 Å². The number of carbonyl (C=O) groups is 1. The number of hydrogen-bond donors (Lipinski definition) is 0. The summed E-state index contributed by atoms with van der Waals surface area (Å²) < 4.78 is 8.33. The predicted octanol–water partition coefficient (Wildman–Crippen LogP) is 1.41. The van der Waals surface area contributed by atoms with Gasteiger partial charge in [0.25, 0.3) is 5.56 Å².